The molecule has 0 radical (unpaired) electrons. The fraction of sp³-hybridized carbons (Fsp3) is 0.385. The number of aromatic nitrogens is 4. The van der Waals surface area contributed by atoms with Crippen molar-refractivity contribution in [3.05, 3.63) is 30.7 Å². The van der Waals surface area contributed by atoms with Crippen LogP contribution in [-0.2, 0) is 16.1 Å². The Morgan fingerprint density at radius 2 is 2.00 bits per heavy atom. The zero-order valence-electron chi connectivity index (χ0n) is 11.2. The SMILES string of the molecule is CC(C)(C)OC(=O)Cn1cc(-c2ccncc2)nn1. The average Bonchev–Trinajstić information content (AvgIpc) is 2.76. The number of rotatable bonds is 3. The molecule has 0 amide bonds. The smallest absolute Gasteiger partial charge is 0.328 e. The Labute approximate surface area is 111 Å². The summed E-state index contributed by atoms with van der Waals surface area (Å²) in [6.45, 7) is 5.53. The summed E-state index contributed by atoms with van der Waals surface area (Å²) in [7, 11) is 0. The minimum atomic E-state index is -0.494. The van der Waals surface area contributed by atoms with E-state index in [-0.39, 0.29) is 12.5 Å². The van der Waals surface area contributed by atoms with E-state index in [9.17, 15) is 4.79 Å². The van der Waals surface area contributed by atoms with Crippen LogP contribution in [0.4, 0.5) is 0 Å². The molecule has 2 rings (SSSR count). The Kier molecular flexibility index (Phi) is 3.59. The Morgan fingerprint density at radius 3 is 2.63 bits per heavy atom. The molecule has 0 unspecified atom stereocenters. The van der Waals surface area contributed by atoms with Gasteiger partial charge >= 0.3 is 5.97 Å². The summed E-state index contributed by atoms with van der Waals surface area (Å²) < 4.78 is 6.68. The predicted molar refractivity (Wildman–Crippen MR) is 69.1 cm³/mol. The van der Waals surface area contributed by atoms with Crippen LogP contribution in [0.1, 0.15) is 20.8 Å². The molecule has 0 bridgehead atoms. The molecule has 0 atom stereocenters. The van der Waals surface area contributed by atoms with Gasteiger partial charge in [0.25, 0.3) is 0 Å². The van der Waals surface area contributed by atoms with Gasteiger partial charge in [0, 0.05) is 18.0 Å². The number of carbonyl (C=O) groups excluding carboxylic acids is 1. The van der Waals surface area contributed by atoms with Gasteiger partial charge in [-0.1, -0.05) is 5.21 Å². The molecule has 6 heteroatoms. The number of hydrogen-bond donors (Lipinski definition) is 0. The molecule has 0 aliphatic heterocycles. The molecule has 2 aromatic heterocycles. The maximum Gasteiger partial charge on any atom is 0.328 e. The second-order valence-corrected chi connectivity index (χ2v) is 5.12. The molecule has 0 spiro atoms. The molecular formula is C13H16N4O2. The van der Waals surface area contributed by atoms with Crippen LogP contribution in [0.5, 0.6) is 0 Å². The summed E-state index contributed by atoms with van der Waals surface area (Å²) in [5, 5.41) is 7.92. The molecule has 6 nitrogen and oxygen atoms in total. The van der Waals surface area contributed by atoms with Crippen LogP contribution in [0.15, 0.2) is 30.7 Å². The van der Waals surface area contributed by atoms with Crippen molar-refractivity contribution in [2.75, 3.05) is 0 Å². The molecule has 0 fully saturated rings. The van der Waals surface area contributed by atoms with E-state index in [0.717, 1.165) is 5.56 Å². The lowest BCUT2D eigenvalue weighted by atomic mass is 10.2. The van der Waals surface area contributed by atoms with E-state index in [1.807, 2.05) is 32.9 Å². The van der Waals surface area contributed by atoms with Crippen LogP contribution < -0.4 is 0 Å². The van der Waals surface area contributed by atoms with Crippen LogP contribution in [0.25, 0.3) is 11.3 Å². The van der Waals surface area contributed by atoms with E-state index in [1.165, 1.54) is 4.68 Å². The molecule has 100 valence electrons. The number of pyridine rings is 1. The van der Waals surface area contributed by atoms with Crippen molar-refractivity contribution < 1.29 is 9.53 Å². The van der Waals surface area contributed by atoms with E-state index in [4.69, 9.17) is 4.74 Å². The van der Waals surface area contributed by atoms with Crippen LogP contribution in [-0.4, -0.2) is 31.5 Å². The Hall–Kier alpha value is -2.24. The van der Waals surface area contributed by atoms with Crippen molar-refractivity contribution >= 4 is 5.97 Å². The molecule has 19 heavy (non-hydrogen) atoms. The second-order valence-electron chi connectivity index (χ2n) is 5.12. The summed E-state index contributed by atoms with van der Waals surface area (Å²) in [5.41, 5.74) is 1.11. The van der Waals surface area contributed by atoms with Gasteiger partial charge in [0.15, 0.2) is 0 Å². The maximum atomic E-state index is 11.7. The van der Waals surface area contributed by atoms with E-state index in [1.54, 1.807) is 18.6 Å². The van der Waals surface area contributed by atoms with E-state index in [0.29, 0.717) is 5.69 Å². The summed E-state index contributed by atoms with van der Waals surface area (Å²) in [4.78, 5) is 15.6. The predicted octanol–water partition coefficient (Wildman–Crippen LogP) is 1.68. The van der Waals surface area contributed by atoms with Gasteiger partial charge in [-0.05, 0) is 32.9 Å². The first-order valence-corrected chi connectivity index (χ1v) is 5.96. The maximum absolute atomic E-state index is 11.7. The lowest BCUT2D eigenvalue weighted by molar-refractivity contribution is -0.155. The number of esters is 1. The largest absolute Gasteiger partial charge is 0.459 e. The van der Waals surface area contributed by atoms with Gasteiger partial charge in [0.05, 0.1) is 6.20 Å². The topological polar surface area (TPSA) is 69.9 Å². The van der Waals surface area contributed by atoms with Crippen LogP contribution >= 0.6 is 0 Å². The molecule has 0 saturated carbocycles. The Balaban J connectivity index is 2.04. The second kappa shape index (κ2) is 5.17. The molecule has 0 aliphatic carbocycles. The van der Waals surface area contributed by atoms with E-state index >= 15 is 0 Å². The zero-order chi connectivity index (χ0) is 13.9. The third-order valence-corrected chi connectivity index (χ3v) is 2.23. The molecule has 2 aromatic rings. The average molecular weight is 260 g/mol. The van der Waals surface area contributed by atoms with Crippen molar-refractivity contribution in [1.29, 1.82) is 0 Å². The Morgan fingerprint density at radius 1 is 1.32 bits per heavy atom. The van der Waals surface area contributed by atoms with Gasteiger partial charge in [-0.2, -0.15) is 0 Å². The Bertz CT molecular complexity index is 558. The number of ether oxygens (including phenoxy) is 1. The van der Waals surface area contributed by atoms with Crippen molar-refractivity contribution in [3.63, 3.8) is 0 Å². The highest BCUT2D eigenvalue weighted by Gasteiger charge is 2.17. The molecule has 0 aromatic carbocycles. The fourth-order valence-electron chi connectivity index (χ4n) is 1.54. The summed E-state index contributed by atoms with van der Waals surface area (Å²) in [6, 6.07) is 3.67. The molecule has 0 N–H and O–H groups in total. The monoisotopic (exact) mass is 260 g/mol. The van der Waals surface area contributed by atoms with Crippen LogP contribution in [0.3, 0.4) is 0 Å². The molecular weight excluding hydrogens is 244 g/mol. The first-order valence-electron chi connectivity index (χ1n) is 5.96. The first kappa shape index (κ1) is 13.2. The summed E-state index contributed by atoms with van der Waals surface area (Å²) in [5.74, 6) is -0.335. The van der Waals surface area contributed by atoms with E-state index in [2.05, 4.69) is 15.3 Å². The summed E-state index contributed by atoms with van der Waals surface area (Å²) >= 11 is 0. The van der Waals surface area contributed by atoms with Gasteiger partial charge in [-0.15, -0.1) is 5.10 Å². The number of nitrogens with zero attached hydrogens (tertiary/aromatic N) is 4. The standard InChI is InChI=1S/C13H16N4O2/c1-13(2,3)19-12(18)9-17-8-11(15-16-17)10-4-6-14-7-5-10/h4-8H,9H2,1-3H3. The fourth-order valence-corrected chi connectivity index (χ4v) is 1.54. The minimum absolute atomic E-state index is 0.0509. The number of hydrogen-bond acceptors (Lipinski definition) is 5. The zero-order valence-corrected chi connectivity index (χ0v) is 11.2. The van der Waals surface area contributed by atoms with Crippen molar-refractivity contribution in [2.24, 2.45) is 0 Å². The van der Waals surface area contributed by atoms with Crippen molar-refractivity contribution in [3.8, 4) is 11.3 Å². The van der Waals surface area contributed by atoms with Crippen LogP contribution in [0.2, 0.25) is 0 Å². The van der Waals surface area contributed by atoms with E-state index < -0.39 is 5.60 Å². The lowest BCUT2D eigenvalue weighted by Gasteiger charge is -2.19. The van der Waals surface area contributed by atoms with Gasteiger partial charge in [0.2, 0.25) is 0 Å². The first-order chi connectivity index (χ1) is 8.94. The third-order valence-electron chi connectivity index (χ3n) is 2.23. The molecule has 0 saturated heterocycles. The van der Waals surface area contributed by atoms with Crippen LogP contribution in [0, 0.1) is 0 Å². The lowest BCUT2D eigenvalue weighted by Crippen LogP contribution is -2.26. The highest BCUT2D eigenvalue weighted by Crippen LogP contribution is 2.14. The third kappa shape index (κ3) is 3.87. The molecule has 2 heterocycles. The van der Waals surface area contributed by atoms with Gasteiger partial charge in [-0.25, -0.2) is 4.68 Å². The normalized spacial score (nSPS) is 11.3. The van der Waals surface area contributed by atoms with Gasteiger partial charge < -0.3 is 4.74 Å². The van der Waals surface area contributed by atoms with Gasteiger partial charge in [0.1, 0.15) is 17.8 Å². The highest BCUT2D eigenvalue weighted by molar-refractivity contribution is 5.69. The quantitative estimate of drug-likeness (QED) is 0.785. The summed E-state index contributed by atoms with van der Waals surface area (Å²) in [6.07, 6.45) is 5.07. The number of carbonyl (C=O) groups is 1. The highest BCUT2D eigenvalue weighted by atomic mass is 16.6. The van der Waals surface area contributed by atoms with Gasteiger partial charge in [-0.3, -0.25) is 9.78 Å². The van der Waals surface area contributed by atoms with Crippen molar-refractivity contribution in [2.45, 2.75) is 32.9 Å². The minimum Gasteiger partial charge on any atom is -0.459 e. The van der Waals surface area contributed by atoms with Crippen molar-refractivity contribution in [1.82, 2.24) is 20.0 Å². The molecule has 0 aliphatic rings.